The zero-order chi connectivity index (χ0) is 20.6. The number of rotatable bonds is 9. The van der Waals surface area contributed by atoms with Crippen LogP contribution in [0.15, 0.2) is 42.5 Å². The van der Waals surface area contributed by atoms with Gasteiger partial charge in [-0.2, -0.15) is 0 Å². The highest BCUT2D eigenvalue weighted by molar-refractivity contribution is 5.77. The van der Waals surface area contributed by atoms with E-state index < -0.39 is 0 Å². The summed E-state index contributed by atoms with van der Waals surface area (Å²) in [5.74, 6) is 1.94. The van der Waals surface area contributed by atoms with Crippen molar-refractivity contribution in [1.82, 2.24) is 5.32 Å². The van der Waals surface area contributed by atoms with Gasteiger partial charge >= 0.3 is 0 Å². The van der Waals surface area contributed by atoms with Crippen LogP contribution < -0.4 is 19.5 Å². The molecule has 28 heavy (non-hydrogen) atoms. The van der Waals surface area contributed by atoms with Crippen LogP contribution in [0.1, 0.15) is 45.2 Å². The van der Waals surface area contributed by atoms with Crippen molar-refractivity contribution in [1.29, 1.82) is 0 Å². The highest BCUT2D eigenvalue weighted by atomic mass is 16.5. The van der Waals surface area contributed by atoms with Crippen molar-refractivity contribution in [2.75, 3.05) is 20.3 Å². The van der Waals surface area contributed by atoms with Crippen LogP contribution >= 0.6 is 0 Å². The van der Waals surface area contributed by atoms with Gasteiger partial charge in [-0.1, -0.05) is 52.0 Å². The molecule has 0 atom stereocenters. The molecule has 0 saturated carbocycles. The molecule has 5 nitrogen and oxygen atoms in total. The molecule has 2 aromatic carbocycles. The molecule has 152 valence electrons. The number of methoxy groups -OCH3 is 1. The van der Waals surface area contributed by atoms with Crippen molar-refractivity contribution < 1.29 is 19.0 Å². The molecule has 1 amide bonds. The molecule has 0 aliphatic carbocycles. The average Bonchev–Trinajstić information content (AvgIpc) is 2.68. The van der Waals surface area contributed by atoms with E-state index in [9.17, 15) is 4.79 Å². The first-order valence-corrected chi connectivity index (χ1v) is 9.64. The molecule has 0 saturated heterocycles. The minimum absolute atomic E-state index is 0.0259. The fourth-order valence-electron chi connectivity index (χ4n) is 2.76. The number of para-hydroxylation sites is 1. The van der Waals surface area contributed by atoms with E-state index in [4.69, 9.17) is 14.2 Å². The van der Waals surface area contributed by atoms with Gasteiger partial charge in [-0.15, -0.1) is 0 Å². The third-order valence-electron chi connectivity index (χ3n) is 4.23. The molecule has 2 rings (SSSR count). The average molecular weight is 386 g/mol. The van der Waals surface area contributed by atoms with E-state index in [0.29, 0.717) is 24.7 Å². The Kier molecular flexibility index (Phi) is 7.73. The first-order chi connectivity index (χ1) is 13.3. The molecular formula is C23H31NO4. The Morgan fingerprint density at radius 2 is 1.75 bits per heavy atom. The molecule has 0 unspecified atom stereocenters. The van der Waals surface area contributed by atoms with Crippen LogP contribution in [-0.4, -0.2) is 26.2 Å². The van der Waals surface area contributed by atoms with Crippen molar-refractivity contribution >= 4 is 5.91 Å². The Balaban J connectivity index is 1.91. The summed E-state index contributed by atoms with van der Waals surface area (Å²) in [5.41, 5.74) is 1.96. The molecule has 2 aromatic rings. The molecule has 0 aliphatic heterocycles. The van der Waals surface area contributed by atoms with E-state index >= 15 is 0 Å². The number of carbonyl (C=O) groups is 1. The van der Waals surface area contributed by atoms with Gasteiger partial charge in [0.2, 0.25) is 0 Å². The second-order valence-electron chi connectivity index (χ2n) is 7.65. The Morgan fingerprint density at radius 1 is 1.00 bits per heavy atom. The Labute approximate surface area is 168 Å². The number of ether oxygens (including phenoxy) is 3. The van der Waals surface area contributed by atoms with Gasteiger partial charge in [0.05, 0.1) is 13.7 Å². The monoisotopic (exact) mass is 385 g/mol. The SMILES string of the molecule is CCCOc1ccc(CNC(=O)COc2ccccc2C(C)(C)C)cc1OC. The molecule has 0 heterocycles. The van der Waals surface area contributed by atoms with E-state index in [1.165, 1.54) is 0 Å². The van der Waals surface area contributed by atoms with E-state index in [1.807, 2.05) is 42.5 Å². The lowest BCUT2D eigenvalue weighted by Crippen LogP contribution is -2.29. The van der Waals surface area contributed by atoms with Gasteiger partial charge in [0.1, 0.15) is 5.75 Å². The molecule has 0 bridgehead atoms. The van der Waals surface area contributed by atoms with Gasteiger partial charge < -0.3 is 19.5 Å². The fraction of sp³-hybridized carbons (Fsp3) is 0.435. The summed E-state index contributed by atoms with van der Waals surface area (Å²) in [6.07, 6.45) is 0.930. The van der Waals surface area contributed by atoms with Crippen molar-refractivity contribution in [3.63, 3.8) is 0 Å². The van der Waals surface area contributed by atoms with Gasteiger partial charge in [-0.05, 0) is 41.2 Å². The maximum absolute atomic E-state index is 12.2. The molecular weight excluding hydrogens is 354 g/mol. The Hall–Kier alpha value is -2.69. The van der Waals surface area contributed by atoms with Gasteiger partial charge in [-0.25, -0.2) is 0 Å². The van der Waals surface area contributed by atoms with Crippen molar-refractivity contribution in [3.05, 3.63) is 53.6 Å². The standard InChI is InChI=1S/C23H31NO4/c1-6-13-27-20-12-11-17(14-21(20)26-5)15-24-22(25)16-28-19-10-8-7-9-18(19)23(2,3)4/h7-12,14H,6,13,15-16H2,1-5H3,(H,24,25). The van der Waals surface area contributed by atoms with Crippen LogP contribution in [0.3, 0.4) is 0 Å². The summed E-state index contributed by atoms with van der Waals surface area (Å²) >= 11 is 0. The summed E-state index contributed by atoms with van der Waals surface area (Å²) in [6, 6.07) is 13.5. The summed E-state index contributed by atoms with van der Waals surface area (Å²) in [7, 11) is 1.61. The predicted octanol–water partition coefficient (Wildman–Crippen LogP) is 4.48. The smallest absolute Gasteiger partial charge is 0.258 e. The number of carbonyl (C=O) groups excluding carboxylic acids is 1. The Bertz CT molecular complexity index is 780. The topological polar surface area (TPSA) is 56.8 Å². The summed E-state index contributed by atoms with van der Waals surface area (Å²) in [6.45, 7) is 9.43. The fourth-order valence-corrected chi connectivity index (χ4v) is 2.76. The van der Waals surface area contributed by atoms with Crippen molar-refractivity contribution in [3.8, 4) is 17.2 Å². The quantitative estimate of drug-likeness (QED) is 0.692. The van der Waals surface area contributed by atoms with E-state index in [0.717, 1.165) is 23.3 Å². The lowest BCUT2D eigenvalue weighted by atomic mass is 9.86. The van der Waals surface area contributed by atoms with Crippen molar-refractivity contribution in [2.24, 2.45) is 0 Å². The Morgan fingerprint density at radius 3 is 2.43 bits per heavy atom. The third-order valence-corrected chi connectivity index (χ3v) is 4.23. The number of hydrogen-bond donors (Lipinski definition) is 1. The largest absolute Gasteiger partial charge is 0.493 e. The number of benzene rings is 2. The number of nitrogens with one attached hydrogen (secondary N) is 1. The van der Waals surface area contributed by atoms with E-state index in [1.54, 1.807) is 7.11 Å². The molecule has 0 radical (unpaired) electrons. The van der Waals surface area contributed by atoms with Crippen LogP contribution in [0.5, 0.6) is 17.2 Å². The van der Waals surface area contributed by atoms with Crippen LogP contribution in [0.25, 0.3) is 0 Å². The zero-order valence-corrected chi connectivity index (χ0v) is 17.5. The van der Waals surface area contributed by atoms with Gasteiger partial charge in [0.25, 0.3) is 5.91 Å². The zero-order valence-electron chi connectivity index (χ0n) is 17.5. The van der Waals surface area contributed by atoms with Gasteiger partial charge in [0.15, 0.2) is 18.1 Å². The maximum Gasteiger partial charge on any atom is 0.258 e. The molecule has 0 spiro atoms. The first-order valence-electron chi connectivity index (χ1n) is 9.64. The minimum Gasteiger partial charge on any atom is -0.493 e. The summed E-state index contributed by atoms with van der Waals surface area (Å²) < 4.78 is 16.8. The third kappa shape index (κ3) is 6.19. The van der Waals surface area contributed by atoms with E-state index in [-0.39, 0.29) is 17.9 Å². The van der Waals surface area contributed by atoms with Gasteiger partial charge in [-0.3, -0.25) is 4.79 Å². The van der Waals surface area contributed by atoms with E-state index in [2.05, 4.69) is 33.0 Å². The lowest BCUT2D eigenvalue weighted by Gasteiger charge is -2.22. The van der Waals surface area contributed by atoms with Crippen LogP contribution in [0, 0.1) is 0 Å². The summed E-state index contributed by atoms with van der Waals surface area (Å²) in [4.78, 5) is 12.2. The molecule has 5 heteroatoms. The van der Waals surface area contributed by atoms with Gasteiger partial charge in [0, 0.05) is 6.54 Å². The van der Waals surface area contributed by atoms with Crippen LogP contribution in [0.4, 0.5) is 0 Å². The number of hydrogen-bond acceptors (Lipinski definition) is 4. The molecule has 0 aliphatic rings. The van der Waals surface area contributed by atoms with Crippen LogP contribution in [0.2, 0.25) is 0 Å². The second-order valence-corrected chi connectivity index (χ2v) is 7.65. The first kappa shape index (κ1) is 21.6. The van der Waals surface area contributed by atoms with Crippen LogP contribution in [-0.2, 0) is 16.8 Å². The normalized spacial score (nSPS) is 11.0. The highest BCUT2D eigenvalue weighted by Crippen LogP contribution is 2.31. The highest BCUT2D eigenvalue weighted by Gasteiger charge is 2.18. The predicted molar refractivity (Wildman–Crippen MR) is 111 cm³/mol. The second kappa shape index (κ2) is 10.0. The molecule has 0 fully saturated rings. The van der Waals surface area contributed by atoms with Crippen molar-refractivity contribution in [2.45, 2.75) is 46.1 Å². The lowest BCUT2D eigenvalue weighted by molar-refractivity contribution is -0.123. The maximum atomic E-state index is 12.2. The molecule has 0 aromatic heterocycles. The molecule has 1 N–H and O–H groups in total. The number of amides is 1. The summed E-state index contributed by atoms with van der Waals surface area (Å²) in [5, 5.41) is 2.88. The minimum atomic E-state index is -0.172.